The summed E-state index contributed by atoms with van der Waals surface area (Å²) in [5.41, 5.74) is 0.624. The summed E-state index contributed by atoms with van der Waals surface area (Å²) in [6, 6.07) is 3.74. The number of amides is 1. The standard InChI is InChI=1S/C20H21N3O3S2/c1-3-8-23-19(25)17-14(15-7-6-13(2)26-15)11-27-18(17)21-20(23)28-12-16(24)22-9-4-5-10-22/h3,6-7,11H,1,4-5,8-10,12H2,2H3. The number of furan rings is 1. The summed E-state index contributed by atoms with van der Waals surface area (Å²) >= 11 is 2.73. The largest absolute Gasteiger partial charge is 0.461 e. The molecule has 0 aliphatic carbocycles. The van der Waals surface area contributed by atoms with E-state index in [1.165, 1.54) is 23.1 Å². The number of hydrogen-bond acceptors (Lipinski definition) is 6. The van der Waals surface area contributed by atoms with Crippen molar-refractivity contribution in [3.8, 4) is 11.3 Å². The van der Waals surface area contributed by atoms with E-state index in [1.807, 2.05) is 29.3 Å². The molecule has 1 fully saturated rings. The summed E-state index contributed by atoms with van der Waals surface area (Å²) in [6.45, 7) is 7.62. The van der Waals surface area contributed by atoms with Gasteiger partial charge in [-0.1, -0.05) is 17.8 Å². The quantitative estimate of drug-likeness (QED) is 0.347. The summed E-state index contributed by atoms with van der Waals surface area (Å²) in [5, 5.41) is 3.00. The van der Waals surface area contributed by atoms with Gasteiger partial charge in [-0.05, 0) is 31.9 Å². The van der Waals surface area contributed by atoms with Crippen molar-refractivity contribution in [2.45, 2.75) is 31.5 Å². The Kier molecular flexibility index (Phi) is 5.41. The van der Waals surface area contributed by atoms with E-state index in [9.17, 15) is 9.59 Å². The molecule has 0 radical (unpaired) electrons. The Morgan fingerprint density at radius 2 is 2.18 bits per heavy atom. The van der Waals surface area contributed by atoms with E-state index in [-0.39, 0.29) is 17.2 Å². The van der Waals surface area contributed by atoms with Crippen molar-refractivity contribution in [1.82, 2.24) is 14.5 Å². The number of carbonyl (C=O) groups is 1. The SMILES string of the molecule is C=CCn1c(SCC(=O)N2CCCC2)nc2scc(-c3ccc(C)o3)c2c1=O. The van der Waals surface area contributed by atoms with Crippen molar-refractivity contribution in [2.24, 2.45) is 0 Å². The Morgan fingerprint density at radius 1 is 1.39 bits per heavy atom. The van der Waals surface area contributed by atoms with Crippen LogP contribution in [0.25, 0.3) is 21.5 Å². The fraction of sp³-hybridized carbons (Fsp3) is 0.350. The Hall–Kier alpha value is -2.32. The molecule has 8 heteroatoms. The molecule has 1 aliphatic rings. The van der Waals surface area contributed by atoms with Crippen molar-refractivity contribution in [1.29, 1.82) is 0 Å². The molecule has 0 aromatic carbocycles. The first-order valence-electron chi connectivity index (χ1n) is 9.19. The molecule has 0 bridgehead atoms. The van der Waals surface area contributed by atoms with Gasteiger partial charge in [-0.2, -0.15) is 0 Å². The molecule has 0 unspecified atom stereocenters. The van der Waals surface area contributed by atoms with Gasteiger partial charge in [0.25, 0.3) is 5.56 Å². The number of aromatic nitrogens is 2. The molecule has 4 rings (SSSR count). The Morgan fingerprint density at radius 3 is 2.86 bits per heavy atom. The summed E-state index contributed by atoms with van der Waals surface area (Å²) < 4.78 is 7.30. The molecular weight excluding hydrogens is 394 g/mol. The average Bonchev–Trinajstić information content (AvgIpc) is 3.42. The van der Waals surface area contributed by atoms with Gasteiger partial charge in [-0.25, -0.2) is 4.98 Å². The van der Waals surface area contributed by atoms with Crippen LogP contribution in [-0.4, -0.2) is 39.2 Å². The summed E-state index contributed by atoms with van der Waals surface area (Å²) in [6.07, 6.45) is 3.79. The lowest BCUT2D eigenvalue weighted by atomic mass is 10.2. The molecule has 3 aromatic rings. The molecule has 146 valence electrons. The normalized spacial score (nSPS) is 14.1. The van der Waals surface area contributed by atoms with Crippen molar-refractivity contribution in [3.05, 3.63) is 46.3 Å². The highest BCUT2D eigenvalue weighted by Gasteiger charge is 2.21. The second-order valence-electron chi connectivity index (χ2n) is 6.72. The second-order valence-corrected chi connectivity index (χ2v) is 8.52. The number of hydrogen-bond donors (Lipinski definition) is 0. The molecule has 1 saturated heterocycles. The van der Waals surface area contributed by atoms with Gasteiger partial charge >= 0.3 is 0 Å². The van der Waals surface area contributed by atoms with E-state index >= 15 is 0 Å². The van der Waals surface area contributed by atoms with Crippen LogP contribution in [0.1, 0.15) is 18.6 Å². The van der Waals surface area contributed by atoms with Gasteiger partial charge in [0, 0.05) is 30.6 Å². The van der Waals surface area contributed by atoms with Crippen molar-refractivity contribution in [3.63, 3.8) is 0 Å². The fourth-order valence-electron chi connectivity index (χ4n) is 3.35. The number of carbonyl (C=O) groups excluding carboxylic acids is 1. The minimum atomic E-state index is -0.133. The van der Waals surface area contributed by atoms with Crippen LogP contribution in [-0.2, 0) is 11.3 Å². The molecule has 28 heavy (non-hydrogen) atoms. The number of thioether (sulfide) groups is 1. The number of aryl methyl sites for hydroxylation is 1. The van der Waals surface area contributed by atoms with Gasteiger partial charge in [0.1, 0.15) is 16.4 Å². The van der Waals surface area contributed by atoms with Crippen molar-refractivity contribution in [2.75, 3.05) is 18.8 Å². The third-order valence-corrected chi connectivity index (χ3v) is 6.59. The highest BCUT2D eigenvalue weighted by molar-refractivity contribution is 7.99. The topological polar surface area (TPSA) is 68.3 Å². The lowest BCUT2D eigenvalue weighted by molar-refractivity contribution is -0.127. The predicted octanol–water partition coefficient (Wildman–Crippen LogP) is 3.93. The Bertz CT molecular complexity index is 1090. The van der Waals surface area contributed by atoms with Gasteiger partial charge in [-0.3, -0.25) is 14.2 Å². The molecule has 6 nitrogen and oxygen atoms in total. The lowest BCUT2D eigenvalue weighted by Crippen LogP contribution is -2.30. The number of likely N-dealkylation sites (tertiary alicyclic amines) is 1. The maximum absolute atomic E-state index is 13.2. The number of nitrogens with zero attached hydrogens (tertiary/aromatic N) is 3. The number of fused-ring (bicyclic) bond motifs is 1. The maximum atomic E-state index is 13.2. The van der Waals surface area contributed by atoms with Crippen LogP contribution in [0.5, 0.6) is 0 Å². The van der Waals surface area contributed by atoms with Crippen LogP contribution in [0.2, 0.25) is 0 Å². The summed E-state index contributed by atoms with van der Waals surface area (Å²) in [4.78, 5) is 32.8. The van der Waals surface area contributed by atoms with Crippen LogP contribution in [0, 0.1) is 6.92 Å². The van der Waals surface area contributed by atoms with Crippen molar-refractivity contribution >= 4 is 39.2 Å². The molecule has 1 aliphatic heterocycles. The van der Waals surface area contributed by atoms with E-state index in [0.717, 1.165) is 37.3 Å². The zero-order valence-corrected chi connectivity index (χ0v) is 17.3. The van der Waals surface area contributed by atoms with Crippen LogP contribution in [0.15, 0.2) is 44.5 Å². The highest BCUT2D eigenvalue weighted by atomic mass is 32.2. The predicted molar refractivity (Wildman–Crippen MR) is 113 cm³/mol. The van der Waals surface area contributed by atoms with Gasteiger partial charge in [0.05, 0.1) is 11.1 Å². The van der Waals surface area contributed by atoms with E-state index in [4.69, 9.17) is 9.40 Å². The molecular formula is C20H21N3O3S2. The smallest absolute Gasteiger partial charge is 0.263 e. The maximum Gasteiger partial charge on any atom is 0.263 e. The monoisotopic (exact) mass is 415 g/mol. The molecule has 3 aromatic heterocycles. The zero-order valence-electron chi connectivity index (χ0n) is 15.6. The van der Waals surface area contributed by atoms with Crippen LogP contribution in [0.3, 0.4) is 0 Å². The first kappa shape index (κ1) is 19.0. The van der Waals surface area contributed by atoms with Crippen LogP contribution in [0.4, 0.5) is 0 Å². The zero-order chi connectivity index (χ0) is 19.7. The first-order chi connectivity index (χ1) is 13.6. The van der Waals surface area contributed by atoms with E-state index in [0.29, 0.717) is 27.7 Å². The Balaban J connectivity index is 1.70. The molecule has 0 N–H and O–H groups in total. The van der Waals surface area contributed by atoms with Crippen LogP contribution >= 0.6 is 23.1 Å². The molecule has 4 heterocycles. The van der Waals surface area contributed by atoms with Gasteiger partial charge < -0.3 is 9.32 Å². The van der Waals surface area contributed by atoms with Gasteiger partial charge in [-0.15, -0.1) is 17.9 Å². The molecule has 0 saturated carbocycles. The number of allylic oxidation sites excluding steroid dienone is 1. The number of rotatable bonds is 6. The number of thiophene rings is 1. The first-order valence-corrected chi connectivity index (χ1v) is 11.1. The minimum Gasteiger partial charge on any atom is -0.461 e. The van der Waals surface area contributed by atoms with E-state index in [2.05, 4.69) is 6.58 Å². The summed E-state index contributed by atoms with van der Waals surface area (Å²) in [7, 11) is 0. The third kappa shape index (κ3) is 3.54. The van der Waals surface area contributed by atoms with Gasteiger partial charge in [0.2, 0.25) is 5.91 Å². The second kappa shape index (κ2) is 7.97. The molecule has 0 spiro atoms. The van der Waals surface area contributed by atoms with Gasteiger partial charge in [0.15, 0.2) is 5.16 Å². The average molecular weight is 416 g/mol. The van der Waals surface area contributed by atoms with E-state index < -0.39 is 0 Å². The van der Waals surface area contributed by atoms with Crippen molar-refractivity contribution < 1.29 is 9.21 Å². The molecule has 0 atom stereocenters. The molecule has 1 amide bonds. The minimum absolute atomic E-state index is 0.0972. The lowest BCUT2D eigenvalue weighted by Gasteiger charge is -2.15. The summed E-state index contributed by atoms with van der Waals surface area (Å²) in [5.74, 6) is 1.84. The third-order valence-electron chi connectivity index (χ3n) is 4.76. The van der Waals surface area contributed by atoms with Crippen LogP contribution < -0.4 is 5.56 Å². The van der Waals surface area contributed by atoms with E-state index in [1.54, 1.807) is 10.6 Å². The fourth-order valence-corrected chi connectivity index (χ4v) is 5.23. The highest BCUT2D eigenvalue weighted by Crippen LogP contribution is 2.33. The Labute approximate surface area is 170 Å².